The predicted molar refractivity (Wildman–Crippen MR) is 72.1 cm³/mol. The Morgan fingerprint density at radius 2 is 2.00 bits per heavy atom. The zero-order valence-corrected chi connectivity index (χ0v) is 12.3. The van der Waals surface area contributed by atoms with Gasteiger partial charge in [-0.1, -0.05) is 11.6 Å². The minimum Gasteiger partial charge on any atom is -0.768 e. The first-order valence-corrected chi connectivity index (χ1v) is 6.79. The summed E-state index contributed by atoms with van der Waals surface area (Å²) in [5.74, 6) is -0.321. The van der Waals surface area contributed by atoms with Crippen LogP contribution < -0.4 is 10.8 Å². The van der Waals surface area contributed by atoms with Crippen LogP contribution in [-0.4, -0.2) is 33.0 Å². The SMILES string of the molecule is CC(C)NC(=O)c1ccc(Cl)c(S(=O)[O-])c1.CNO. The molecule has 3 N–H and O–H groups in total. The molecule has 1 atom stereocenters. The minimum atomic E-state index is -2.44. The molecule has 0 radical (unpaired) electrons. The number of hydrogen-bond donors (Lipinski definition) is 3. The molecule has 8 heteroatoms. The van der Waals surface area contributed by atoms with Crippen LogP contribution in [0, 0.1) is 0 Å². The molecule has 19 heavy (non-hydrogen) atoms. The molecule has 0 fully saturated rings. The van der Waals surface area contributed by atoms with Gasteiger partial charge in [0.2, 0.25) is 0 Å². The third kappa shape index (κ3) is 6.65. The Balaban J connectivity index is 0.000000982. The molecule has 6 nitrogen and oxygen atoms in total. The number of carbonyl (C=O) groups excluding carboxylic acids is 1. The molecule has 0 saturated heterocycles. The van der Waals surface area contributed by atoms with Gasteiger partial charge in [0, 0.05) is 23.5 Å². The maximum Gasteiger partial charge on any atom is 0.251 e. The van der Waals surface area contributed by atoms with Crippen LogP contribution in [0.1, 0.15) is 24.2 Å². The second-order valence-corrected chi connectivity index (χ2v) is 5.05. The quantitative estimate of drug-likeness (QED) is 0.577. The Bertz CT molecular complexity index is 454. The van der Waals surface area contributed by atoms with Crippen LogP contribution >= 0.6 is 11.6 Å². The molecule has 108 valence electrons. The summed E-state index contributed by atoms with van der Waals surface area (Å²) in [4.78, 5) is 11.5. The minimum absolute atomic E-state index is 0.00984. The lowest BCUT2D eigenvalue weighted by molar-refractivity contribution is 0.0943. The number of rotatable bonds is 3. The van der Waals surface area contributed by atoms with Crippen molar-refractivity contribution in [2.75, 3.05) is 7.05 Å². The largest absolute Gasteiger partial charge is 0.768 e. The summed E-state index contributed by atoms with van der Waals surface area (Å²) >= 11 is 3.23. The fourth-order valence-corrected chi connectivity index (χ4v) is 1.87. The third-order valence-corrected chi connectivity index (χ3v) is 2.93. The smallest absolute Gasteiger partial charge is 0.251 e. The molecule has 0 aliphatic carbocycles. The third-order valence-electron chi connectivity index (χ3n) is 1.79. The maximum atomic E-state index is 11.6. The van der Waals surface area contributed by atoms with Crippen LogP contribution in [-0.2, 0) is 11.1 Å². The lowest BCUT2D eigenvalue weighted by Crippen LogP contribution is -2.30. The van der Waals surface area contributed by atoms with E-state index in [1.54, 1.807) is 5.48 Å². The van der Waals surface area contributed by atoms with Gasteiger partial charge in [-0.2, -0.15) is 0 Å². The molecule has 1 amide bonds. The van der Waals surface area contributed by atoms with E-state index in [2.05, 4.69) is 5.32 Å². The van der Waals surface area contributed by atoms with Gasteiger partial charge in [0.1, 0.15) is 0 Å². The summed E-state index contributed by atoms with van der Waals surface area (Å²) in [5, 5.41) is 10.1. The van der Waals surface area contributed by atoms with E-state index in [1.807, 2.05) is 13.8 Å². The molecule has 0 bridgehead atoms. The van der Waals surface area contributed by atoms with E-state index in [0.717, 1.165) is 0 Å². The topological polar surface area (TPSA) is 101 Å². The number of nitrogens with one attached hydrogen (secondary N) is 2. The van der Waals surface area contributed by atoms with Gasteiger partial charge in [0.15, 0.2) is 0 Å². The van der Waals surface area contributed by atoms with E-state index in [0.29, 0.717) is 0 Å². The lowest BCUT2D eigenvalue weighted by atomic mass is 10.2. The van der Waals surface area contributed by atoms with Crippen molar-refractivity contribution in [2.24, 2.45) is 0 Å². The van der Waals surface area contributed by atoms with Crippen molar-refractivity contribution in [3.05, 3.63) is 28.8 Å². The summed E-state index contributed by atoms with van der Waals surface area (Å²) in [6, 6.07) is 4.12. The summed E-state index contributed by atoms with van der Waals surface area (Å²) in [5.41, 5.74) is 2.03. The molecule has 0 heterocycles. The highest BCUT2D eigenvalue weighted by Gasteiger charge is 2.10. The fraction of sp³-hybridized carbons (Fsp3) is 0.364. The molecule has 0 aliphatic rings. The van der Waals surface area contributed by atoms with Gasteiger partial charge >= 0.3 is 0 Å². The first kappa shape index (κ1) is 18.0. The van der Waals surface area contributed by atoms with Crippen molar-refractivity contribution in [1.82, 2.24) is 10.8 Å². The number of carbonyl (C=O) groups is 1. The van der Waals surface area contributed by atoms with Crippen LogP contribution in [0.3, 0.4) is 0 Å². The van der Waals surface area contributed by atoms with Crippen LogP contribution in [0.5, 0.6) is 0 Å². The van der Waals surface area contributed by atoms with E-state index in [-0.39, 0.29) is 27.4 Å². The first-order valence-electron chi connectivity index (χ1n) is 5.34. The standard InChI is InChI=1S/C10H12ClNO3S.CH5NO/c1-6(2)12-10(13)7-3-4-8(11)9(5-7)16(14)15;1-2-3/h3-6H,1-2H3,(H,12,13)(H,14,15);2-3H,1H3/p-1. The van der Waals surface area contributed by atoms with E-state index in [1.165, 1.54) is 25.2 Å². The molecule has 0 aromatic heterocycles. The van der Waals surface area contributed by atoms with Crippen LogP contribution in [0.2, 0.25) is 5.02 Å². The highest BCUT2D eigenvalue weighted by Crippen LogP contribution is 2.20. The van der Waals surface area contributed by atoms with Crippen molar-refractivity contribution in [3.63, 3.8) is 0 Å². The zero-order valence-electron chi connectivity index (χ0n) is 10.8. The highest BCUT2D eigenvalue weighted by molar-refractivity contribution is 7.79. The Labute approximate surface area is 119 Å². The van der Waals surface area contributed by atoms with Gasteiger partial charge in [-0.3, -0.25) is 9.00 Å². The summed E-state index contributed by atoms with van der Waals surface area (Å²) in [7, 11) is 1.43. The van der Waals surface area contributed by atoms with Crippen molar-refractivity contribution in [2.45, 2.75) is 24.8 Å². The van der Waals surface area contributed by atoms with E-state index in [4.69, 9.17) is 16.8 Å². The van der Waals surface area contributed by atoms with Crippen molar-refractivity contribution < 1.29 is 18.8 Å². The molecular weight excluding hydrogens is 292 g/mol. The van der Waals surface area contributed by atoms with Crippen LogP contribution in [0.4, 0.5) is 0 Å². The Morgan fingerprint density at radius 3 is 2.42 bits per heavy atom. The van der Waals surface area contributed by atoms with Gasteiger partial charge in [-0.25, -0.2) is 5.48 Å². The van der Waals surface area contributed by atoms with Gasteiger partial charge in [-0.15, -0.1) is 0 Å². The summed E-state index contributed by atoms with van der Waals surface area (Å²) in [6.45, 7) is 3.64. The summed E-state index contributed by atoms with van der Waals surface area (Å²) in [6.07, 6.45) is 0. The predicted octanol–water partition coefficient (Wildman–Crippen LogP) is 1.31. The second-order valence-electron chi connectivity index (χ2n) is 3.73. The Hall–Kier alpha value is -0.990. The Morgan fingerprint density at radius 1 is 1.47 bits per heavy atom. The zero-order chi connectivity index (χ0) is 15.0. The monoisotopic (exact) mass is 307 g/mol. The van der Waals surface area contributed by atoms with Crippen LogP contribution in [0.25, 0.3) is 0 Å². The molecule has 1 aromatic carbocycles. The number of amides is 1. The molecule has 1 rings (SSSR count). The lowest BCUT2D eigenvalue weighted by Gasteiger charge is -2.11. The molecule has 1 aromatic rings. The van der Waals surface area contributed by atoms with E-state index in [9.17, 15) is 13.6 Å². The van der Waals surface area contributed by atoms with E-state index < -0.39 is 11.1 Å². The highest BCUT2D eigenvalue weighted by atomic mass is 35.5. The van der Waals surface area contributed by atoms with Crippen molar-refractivity contribution in [3.8, 4) is 0 Å². The molecule has 0 saturated carbocycles. The molecular formula is C11H16ClN2O4S-. The molecule has 0 spiro atoms. The number of hydroxylamine groups is 1. The molecule has 1 unspecified atom stereocenters. The number of hydrogen-bond acceptors (Lipinski definition) is 5. The van der Waals surface area contributed by atoms with Gasteiger partial charge in [0.25, 0.3) is 5.91 Å². The maximum absolute atomic E-state index is 11.6. The van der Waals surface area contributed by atoms with Crippen molar-refractivity contribution in [1.29, 1.82) is 0 Å². The van der Waals surface area contributed by atoms with Gasteiger partial charge in [-0.05, 0) is 43.1 Å². The van der Waals surface area contributed by atoms with Crippen LogP contribution in [0.15, 0.2) is 23.1 Å². The Kier molecular flexibility index (Phi) is 8.53. The average Bonchev–Trinajstić information content (AvgIpc) is 2.29. The van der Waals surface area contributed by atoms with Gasteiger partial charge < -0.3 is 15.1 Å². The normalized spacial score (nSPS) is 11.5. The number of halogens is 1. The fourth-order valence-electron chi connectivity index (χ4n) is 1.12. The van der Waals surface area contributed by atoms with E-state index >= 15 is 0 Å². The van der Waals surface area contributed by atoms with Gasteiger partial charge in [0.05, 0.1) is 5.02 Å². The molecule has 0 aliphatic heterocycles. The summed E-state index contributed by atoms with van der Waals surface area (Å²) < 4.78 is 21.6. The average molecular weight is 308 g/mol. The second kappa shape index (κ2) is 9.00. The first-order chi connectivity index (χ1) is 8.83. The van der Waals surface area contributed by atoms with Crippen molar-refractivity contribution >= 4 is 28.6 Å². The number of benzene rings is 1.